The molecule has 0 saturated carbocycles. The highest BCUT2D eigenvalue weighted by molar-refractivity contribution is 7.92. The standard InChI is InChI=1S/C30H37N3O7S/c1-6-18-31-30(35)22(2)32(20-23-12-14-25(38-3)15-13-23)29(34)21-33(24-10-8-7-9-11-24)41(36,37)26-16-17-27(39-4)28(19-26)40-5/h7-17,19,22H,6,18,20-21H2,1-5H3,(H,31,35)/t22-/m1/s1. The third kappa shape index (κ3) is 7.69. The van der Waals surface area contributed by atoms with Gasteiger partial charge in [0.15, 0.2) is 11.5 Å². The predicted octanol–water partition coefficient (Wildman–Crippen LogP) is 3.85. The Balaban J connectivity index is 2.02. The summed E-state index contributed by atoms with van der Waals surface area (Å²) in [6, 6.07) is 18.8. The molecule has 1 N–H and O–H groups in total. The number of rotatable bonds is 14. The molecular weight excluding hydrogens is 546 g/mol. The van der Waals surface area contributed by atoms with Crippen LogP contribution < -0.4 is 23.8 Å². The van der Waals surface area contributed by atoms with Gasteiger partial charge < -0.3 is 24.4 Å². The van der Waals surface area contributed by atoms with Gasteiger partial charge in [-0.1, -0.05) is 37.3 Å². The van der Waals surface area contributed by atoms with Crippen molar-refractivity contribution in [2.75, 3.05) is 38.7 Å². The molecule has 0 fully saturated rings. The Morgan fingerprint density at radius 2 is 1.54 bits per heavy atom. The Bertz CT molecular complexity index is 1410. The van der Waals surface area contributed by atoms with E-state index in [0.29, 0.717) is 23.7 Å². The SMILES string of the molecule is CCCNC(=O)[C@@H](C)N(Cc1ccc(OC)cc1)C(=O)CN(c1ccccc1)S(=O)(=O)c1ccc(OC)c(OC)c1. The zero-order chi connectivity index (χ0) is 30.0. The number of nitrogens with zero attached hydrogens (tertiary/aromatic N) is 2. The smallest absolute Gasteiger partial charge is 0.264 e. The van der Waals surface area contributed by atoms with E-state index in [-0.39, 0.29) is 23.1 Å². The molecular formula is C30H37N3O7S. The summed E-state index contributed by atoms with van der Waals surface area (Å²) in [6.45, 7) is 3.56. The molecule has 3 aromatic rings. The molecule has 1 atom stereocenters. The molecule has 0 bridgehead atoms. The largest absolute Gasteiger partial charge is 0.497 e. The van der Waals surface area contributed by atoms with Crippen molar-refractivity contribution in [3.8, 4) is 17.2 Å². The normalized spacial score (nSPS) is 11.7. The Morgan fingerprint density at radius 3 is 2.12 bits per heavy atom. The van der Waals surface area contributed by atoms with Crippen molar-refractivity contribution in [3.63, 3.8) is 0 Å². The zero-order valence-corrected chi connectivity index (χ0v) is 24.8. The van der Waals surface area contributed by atoms with Crippen LogP contribution in [-0.4, -0.2) is 65.6 Å². The van der Waals surface area contributed by atoms with Crippen LogP contribution in [0.25, 0.3) is 0 Å². The van der Waals surface area contributed by atoms with Gasteiger partial charge in [-0.15, -0.1) is 0 Å². The molecule has 11 heteroatoms. The highest BCUT2D eigenvalue weighted by Gasteiger charge is 2.33. The maximum Gasteiger partial charge on any atom is 0.264 e. The van der Waals surface area contributed by atoms with E-state index >= 15 is 0 Å². The zero-order valence-electron chi connectivity index (χ0n) is 24.0. The summed E-state index contributed by atoms with van der Waals surface area (Å²) in [4.78, 5) is 28.2. The summed E-state index contributed by atoms with van der Waals surface area (Å²) >= 11 is 0. The molecule has 220 valence electrons. The fourth-order valence-corrected chi connectivity index (χ4v) is 5.56. The van der Waals surface area contributed by atoms with Gasteiger partial charge in [0.2, 0.25) is 11.8 Å². The van der Waals surface area contributed by atoms with Crippen LogP contribution in [-0.2, 0) is 26.2 Å². The van der Waals surface area contributed by atoms with Gasteiger partial charge in [-0.25, -0.2) is 8.42 Å². The number of hydrogen-bond acceptors (Lipinski definition) is 7. The lowest BCUT2D eigenvalue weighted by atomic mass is 10.1. The Kier molecular flexibility index (Phi) is 11.0. The number of carbonyl (C=O) groups excluding carboxylic acids is 2. The molecule has 0 heterocycles. The number of anilines is 1. The third-order valence-corrected chi connectivity index (χ3v) is 8.26. The van der Waals surface area contributed by atoms with Crippen molar-refractivity contribution in [3.05, 3.63) is 78.4 Å². The molecule has 2 amide bonds. The fourth-order valence-electron chi connectivity index (χ4n) is 4.13. The molecule has 3 aromatic carbocycles. The first kappa shape index (κ1) is 31.3. The quantitative estimate of drug-likeness (QED) is 0.307. The van der Waals surface area contributed by atoms with Crippen molar-refractivity contribution in [1.82, 2.24) is 10.2 Å². The summed E-state index contributed by atoms with van der Waals surface area (Å²) in [5.74, 6) is 0.369. The number of benzene rings is 3. The van der Waals surface area contributed by atoms with E-state index in [1.54, 1.807) is 68.6 Å². The fraction of sp³-hybridized carbons (Fsp3) is 0.333. The van der Waals surface area contributed by atoms with Crippen LogP contribution in [0.4, 0.5) is 5.69 Å². The average molecular weight is 584 g/mol. The second-order valence-corrected chi connectivity index (χ2v) is 11.1. The first-order chi connectivity index (χ1) is 19.7. The Hall–Kier alpha value is -4.25. The van der Waals surface area contributed by atoms with Crippen molar-refractivity contribution < 1.29 is 32.2 Å². The number of amides is 2. The van der Waals surface area contributed by atoms with Gasteiger partial charge in [0.25, 0.3) is 10.0 Å². The lowest BCUT2D eigenvalue weighted by molar-refractivity contribution is -0.139. The predicted molar refractivity (Wildman–Crippen MR) is 157 cm³/mol. The molecule has 41 heavy (non-hydrogen) atoms. The van der Waals surface area contributed by atoms with Gasteiger partial charge >= 0.3 is 0 Å². The van der Waals surface area contributed by atoms with E-state index in [0.717, 1.165) is 16.3 Å². The topological polar surface area (TPSA) is 114 Å². The summed E-state index contributed by atoms with van der Waals surface area (Å²) < 4.78 is 44.8. The highest BCUT2D eigenvalue weighted by atomic mass is 32.2. The van der Waals surface area contributed by atoms with Crippen LogP contribution in [0.3, 0.4) is 0 Å². The Labute approximate surface area is 241 Å². The van der Waals surface area contributed by atoms with Crippen molar-refractivity contribution >= 4 is 27.5 Å². The number of ether oxygens (including phenoxy) is 3. The number of nitrogens with one attached hydrogen (secondary N) is 1. The number of para-hydroxylation sites is 1. The molecule has 0 aliphatic rings. The van der Waals surface area contributed by atoms with E-state index < -0.39 is 28.5 Å². The molecule has 0 saturated heterocycles. The van der Waals surface area contributed by atoms with Gasteiger partial charge in [0.1, 0.15) is 18.3 Å². The van der Waals surface area contributed by atoms with E-state index in [9.17, 15) is 18.0 Å². The van der Waals surface area contributed by atoms with Crippen LogP contribution in [0.15, 0.2) is 77.7 Å². The van der Waals surface area contributed by atoms with Gasteiger partial charge in [-0.05, 0) is 55.3 Å². The molecule has 0 aliphatic carbocycles. The first-order valence-electron chi connectivity index (χ1n) is 13.2. The van der Waals surface area contributed by atoms with Gasteiger partial charge in [-0.2, -0.15) is 0 Å². The number of hydrogen-bond donors (Lipinski definition) is 1. The van der Waals surface area contributed by atoms with E-state index in [1.807, 2.05) is 6.92 Å². The van der Waals surface area contributed by atoms with Crippen LogP contribution in [0.2, 0.25) is 0 Å². The van der Waals surface area contributed by atoms with Crippen LogP contribution in [0.1, 0.15) is 25.8 Å². The molecule has 3 rings (SSSR count). The molecule has 10 nitrogen and oxygen atoms in total. The number of methoxy groups -OCH3 is 3. The lowest BCUT2D eigenvalue weighted by Gasteiger charge is -2.32. The molecule has 0 unspecified atom stereocenters. The second-order valence-electron chi connectivity index (χ2n) is 9.20. The maximum absolute atomic E-state index is 14.0. The first-order valence-corrected chi connectivity index (χ1v) is 14.6. The number of sulfonamides is 1. The van der Waals surface area contributed by atoms with Gasteiger partial charge in [-0.3, -0.25) is 13.9 Å². The van der Waals surface area contributed by atoms with Gasteiger partial charge in [0, 0.05) is 19.2 Å². The molecule has 0 aliphatic heterocycles. The van der Waals surface area contributed by atoms with Gasteiger partial charge in [0.05, 0.1) is 31.9 Å². The number of carbonyl (C=O) groups is 2. The molecule has 0 spiro atoms. The third-order valence-electron chi connectivity index (χ3n) is 6.49. The minimum absolute atomic E-state index is 0.0813. The lowest BCUT2D eigenvalue weighted by Crippen LogP contribution is -2.51. The second kappa shape index (κ2) is 14.4. The monoisotopic (exact) mass is 583 g/mol. The minimum Gasteiger partial charge on any atom is -0.497 e. The summed E-state index contributed by atoms with van der Waals surface area (Å²) in [5, 5.41) is 2.83. The highest BCUT2D eigenvalue weighted by Crippen LogP contribution is 2.32. The summed E-state index contributed by atoms with van der Waals surface area (Å²) in [6.07, 6.45) is 0.732. The van der Waals surface area contributed by atoms with Crippen molar-refractivity contribution in [2.24, 2.45) is 0 Å². The van der Waals surface area contributed by atoms with E-state index in [4.69, 9.17) is 14.2 Å². The summed E-state index contributed by atoms with van der Waals surface area (Å²) in [5.41, 5.74) is 1.05. The minimum atomic E-state index is -4.25. The van der Waals surface area contributed by atoms with Crippen molar-refractivity contribution in [2.45, 2.75) is 37.8 Å². The van der Waals surface area contributed by atoms with E-state index in [1.165, 1.54) is 37.3 Å². The van der Waals surface area contributed by atoms with Crippen LogP contribution >= 0.6 is 0 Å². The Morgan fingerprint density at radius 1 is 0.878 bits per heavy atom. The molecule has 0 aromatic heterocycles. The van der Waals surface area contributed by atoms with Crippen LogP contribution in [0.5, 0.6) is 17.2 Å². The maximum atomic E-state index is 14.0. The average Bonchev–Trinajstić information content (AvgIpc) is 3.00. The van der Waals surface area contributed by atoms with Crippen LogP contribution in [0, 0.1) is 0 Å². The van der Waals surface area contributed by atoms with E-state index in [2.05, 4.69) is 5.32 Å². The summed E-state index contributed by atoms with van der Waals surface area (Å²) in [7, 11) is 0.174. The van der Waals surface area contributed by atoms with Crippen molar-refractivity contribution in [1.29, 1.82) is 0 Å². The molecule has 0 radical (unpaired) electrons.